The molecule has 0 saturated carbocycles. The van der Waals surface area contributed by atoms with E-state index in [9.17, 15) is 4.79 Å². The third-order valence-electron chi connectivity index (χ3n) is 3.82. The maximum atomic E-state index is 12.5. The minimum atomic E-state index is -0.381. The number of nitrogens with zero attached hydrogens (tertiary/aromatic N) is 2. The predicted molar refractivity (Wildman–Crippen MR) is 80.5 cm³/mol. The van der Waals surface area contributed by atoms with Gasteiger partial charge in [-0.2, -0.15) is 0 Å². The van der Waals surface area contributed by atoms with Crippen LogP contribution in [-0.2, 0) is 4.74 Å². The van der Waals surface area contributed by atoms with Crippen LogP contribution in [0.15, 0.2) is 30.6 Å². The Kier molecular flexibility index (Phi) is 4.03. The molecule has 1 fully saturated rings. The summed E-state index contributed by atoms with van der Waals surface area (Å²) in [5.41, 5.74) is 1.66. The zero-order chi connectivity index (χ0) is 14.7. The lowest BCUT2D eigenvalue weighted by atomic mass is 9.92. The summed E-state index contributed by atoms with van der Waals surface area (Å²) < 4.78 is 5.34. The molecule has 0 atom stereocenters. The van der Waals surface area contributed by atoms with E-state index in [4.69, 9.17) is 16.3 Å². The molecule has 3 rings (SSSR count). The van der Waals surface area contributed by atoms with Crippen molar-refractivity contribution in [2.45, 2.75) is 18.4 Å². The van der Waals surface area contributed by atoms with Crippen LogP contribution in [0.1, 0.15) is 23.2 Å². The number of carbonyl (C=O) groups is 1. The van der Waals surface area contributed by atoms with Crippen molar-refractivity contribution in [2.75, 3.05) is 19.1 Å². The number of benzene rings is 1. The van der Waals surface area contributed by atoms with Crippen molar-refractivity contribution in [1.82, 2.24) is 15.3 Å². The van der Waals surface area contributed by atoms with Crippen molar-refractivity contribution in [3.8, 4) is 0 Å². The number of nitrogens with one attached hydrogen (secondary N) is 1. The van der Waals surface area contributed by atoms with Crippen molar-refractivity contribution < 1.29 is 9.53 Å². The lowest BCUT2D eigenvalue weighted by Gasteiger charge is -2.36. The average Bonchev–Trinajstić information content (AvgIpc) is 2.55. The van der Waals surface area contributed by atoms with Gasteiger partial charge in [0.25, 0.3) is 5.91 Å². The molecule has 5 nitrogen and oxygen atoms in total. The molecular formula is C15H16ClN3O2. The molecule has 0 aliphatic carbocycles. The number of fused-ring (bicyclic) bond motifs is 1. The second-order valence-electron chi connectivity index (χ2n) is 5.24. The van der Waals surface area contributed by atoms with Gasteiger partial charge >= 0.3 is 0 Å². The van der Waals surface area contributed by atoms with Crippen LogP contribution in [0.4, 0.5) is 0 Å². The molecule has 1 aromatic heterocycles. The van der Waals surface area contributed by atoms with Crippen molar-refractivity contribution in [3.05, 3.63) is 36.2 Å². The van der Waals surface area contributed by atoms with E-state index in [1.165, 1.54) is 0 Å². The van der Waals surface area contributed by atoms with Crippen LogP contribution in [0.5, 0.6) is 0 Å². The van der Waals surface area contributed by atoms with E-state index in [2.05, 4.69) is 15.3 Å². The van der Waals surface area contributed by atoms with Crippen LogP contribution in [0, 0.1) is 0 Å². The number of alkyl halides is 1. The number of amides is 1. The lowest BCUT2D eigenvalue weighted by Crippen LogP contribution is -2.53. The van der Waals surface area contributed by atoms with Gasteiger partial charge in [-0.25, -0.2) is 0 Å². The summed E-state index contributed by atoms with van der Waals surface area (Å²) in [6, 6.07) is 5.31. The molecule has 0 bridgehead atoms. The van der Waals surface area contributed by atoms with Crippen LogP contribution in [0.3, 0.4) is 0 Å². The Hall–Kier alpha value is -1.72. The van der Waals surface area contributed by atoms with Gasteiger partial charge in [0.1, 0.15) is 0 Å². The van der Waals surface area contributed by atoms with Crippen LogP contribution in [0.2, 0.25) is 0 Å². The van der Waals surface area contributed by atoms with Crippen molar-refractivity contribution in [2.24, 2.45) is 0 Å². The molecule has 21 heavy (non-hydrogen) atoms. The molecule has 0 radical (unpaired) electrons. The summed E-state index contributed by atoms with van der Waals surface area (Å²) >= 11 is 6.07. The number of hydrogen-bond donors (Lipinski definition) is 1. The third-order valence-corrected chi connectivity index (χ3v) is 4.33. The van der Waals surface area contributed by atoms with Gasteiger partial charge in [0.05, 0.1) is 16.6 Å². The summed E-state index contributed by atoms with van der Waals surface area (Å²) in [6.07, 6.45) is 4.71. The van der Waals surface area contributed by atoms with E-state index < -0.39 is 0 Å². The zero-order valence-corrected chi connectivity index (χ0v) is 12.3. The second kappa shape index (κ2) is 5.95. The highest BCUT2D eigenvalue weighted by Crippen LogP contribution is 2.23. The fraction of sp³-hybridized carbons (Fsp3) is 0.400. The average molecular weight is 306 g/mol. The van der Waals surface area contributed by atoms with Gasteiger partial charge in [-0.05, 0) is 31.0 Å². The molecule has 1 aliphatic heterocycles. The second-order valence-corrected chi connectivity index (χ2v) is 5.51. The fourth-order valence-corrected chi connectivity index (χ4v) is 2.81. The first-order chi connectivity index (χ1) is 10.2. The van der Waals surface area contributed by atoms with Gasteiger partial charge in [-0.15, -0.1) is 11.6 Å². The van der Waals surface area contributed by atoms with Crippen LogP contribution >= 0.6 is 11.6 Å². The number of halogens is 1. The van der Waals surface area contributed by atoms with E-state index in [-0.39, 0.29) is 11.4 Å². The smallest absolute Gasteiger partial charge is 0.251 e. The largest absolute Gasteiger partial charge is 0.381 e. The predicted octanol–water partition coefficient (Wildman–Crippen LogP) is 2.15. The Labute approximate surface area is 127 Å². The molecule has 1 amide bonds. The maximum absolute atomic E-state index is 12.5. The highest BCUT2D eigenvalue weighted by molar-refractivity contribution is 6.19. The third kappa shape index (κ3) is 2.99. The first-order valence-electron chi connectivity index (χ1n) is 6.89. The number of carbonyl (C=O) groups excluding carboxylic acids is 1. The summed E-state index contributed by atoms with van der Waals surface area (Å²) in [5, 5.41) is 3.06. The molecule has 2 aromatic rings. The van der Waals surface area contributed by atoms with E-state index in [0.29, 0.717) is 30.2 Å². The quantitative estimate of drug-likeness (QED) is 0.883. The molecule has 1 saturated heterocycles. The van der Waals surface area contributed by atoms with E-state index in [1.54, 1.807) is 30.6 Å². The van der Waals surface area contributed by atoms with Crippen molar-refractivity contribution in [1.29, 1.82) is 0 Å². The Balaban J connectivity index is 1.82. The van der Waals surface area contributed by atoms with Crippen molar-refractivity contribution >= 4 is 28.5 Å². The molecular weight excluding hydrogens is 290 g/mol. The highest BCUT2D eigenvalue weighted by atomic mass is 35.5. The Morgan fingerprint density at radius 3 is 2.67 bits per heavy atom. The van der Waals surface area contributed by atoms with Gasteiger partial charge in [0.15, 0.2) is 0 Å². The van der Waals surface area contributed by atoms with E-state index in [1.807, 2.05) is 0 Å². The van der Waals surface area contributed by atoms with E-state index in [0.717, 1.165) is 18.4 Å². The Morgan fingerprint density at radius 1 is 1.24 bits per heavy atom. The Bertz CT molecular complexity index is 656. The summed E-state index contributed by atoms with van der Waals surface area (Å²) in [6.45, 7) is 1.24. The number of aromatic nitrogens is 2. The van der Waals surface area contributed by atoms with Gasteiger partial charge in [-0.3, -0.25) is 14.8 Å². The summed E-state index contributed by atoms with van der Waals surface area (Å²) in [4.78, 5) is 20.9. The Morgan fingerprint density at radius 2 is 1.95 bits per heavy atom. The van der Waals surface area contributed by atoms with Crippen LogP contribution in [-0.4, -0.2) is 40.5 Å². The SMILES string of the molecule is O=C(NC1(CCl)CCOCC1)c1ccc2nccnc2c1. The molecule has 110 valence electrons. The topological polar surface area (TPSA) is 64.1 Å². The number of hydrogen-bond acceptors (Lipinski definition) is 4. The van der Waals surface area contributed by atoms with Gasteiger partial charge in [0, 0.05) is 37.1 Å². The molecule has 2 heterocycles. The molecule has 0 spiro atoms. The fourth-order valence-electron chi connectivity index (χ4n) is 2.47. The highest BCUT2D eigenvalue weighted by Gasteiger charge is 2.33. The van der Waals surface area contributed by atoms with Gasteiger partial charge in [0.2, 0.25) is 0 Å². The molecule has 1 aromatic carbocycles. The molecule has 1 N–H and O–H groups in total. The normalized spacial score (nSPS) is 17.6. The molecule has 0 unspecified atom stereocenters. The number of ether oxygens (including phenoxy) is 1. The first-order valence-corrected chi connectivity index (χ1v) is 7.43. The molecule has 6 heteroatoms. The van der Waals surface area contributed by atoms with Crippen molar-refractivity contribution in [3.63, 3.8) is 0 Å². The number of rotatable bonds is 3. The standard InChI is InChI=1S/C15H16ClN3O2/c16-10-15(3-7-21-8-4-15)19-14(20)11-1-2-12-13(9-11)18-6-5-17-12/h1-2,5-6,9H,3-4,7-8,10H2,(H,19,20). The maximum Gasteiger partial charge on any atom is 0.251 e. The monoisotopic (exact) mass is 305 g/mol. The first kappa shape index (κ1) is 14.2. The molecule has 1 aliphatic rings. The van der Waals surface area contributed by atoms with Gasteiger partial charge < -0.3 is 10.1 Å². The van der Waals surface area contributed by atoms with Crippen LogP contribution < -0.4 is 5.32 Å². The summed E-state index contributed by atoms with van der Waals surface area (Å²) in [5.74, 6) is 0.250. The summed E-state index contributed by atoms with van der Waals surface area (Å²) in [7, 11) is 0. The van der Waals surface area contributed by atoms with E-state index >= 15 is 0 Å². The van der Waals surface area contributed by atoms with Gasteiger partial charge in [-0.1, -0.05) is 0 Å². The minimum Gasteiger partial charge on any atom is -0.381 e. The van der Waals surface area contributed by atoms with Crippen LogP contribution in [0.25, 0.3) is 11.0 Å². The lowest BCUT2D eigenvalue weighted by molar-refractivity contribution is 0.0434. The minimum absolute atomic E-state index is 0.134. The zero-order valence-electron chi connectivity index (χ0n) is 11.5.